The lowest BCUT2D eigenvalue weighted by Crippen LogP contribution is -2.31. The number of nitrogens with zero attached hydrogens (tertiary/aromatic N) is 3. The molecule has 1 amide bonds. The van der Waals surface area contributed by atoms with Gasteiger partial charge in [-0.2, -0.15) is 10.1 Å². The van der Waals surface area contributed by atoms with Gasteiger partial charge in [0.15, 0.2) is 0 Å². The number of rotatable bonds is 2. The number of nitrogens with two attached hydrogens (primary N) is 1. The van der Waals surface area contributed by atoms with E-state index >= 15 is 0 Å². The van der Waals surface area contributed by atoms with Crippen LogP contribution in [0, 0.1) is 0 Å². The third kappa shape index (κ3) is 2.00. The molecule has 2 aromatic rings. The van der Waals surface area contributed by atoms with Gasteiger partial charge in [-0.15, -0.1) is 0 Å². The molecule has 1 aliphatic rings. The second-order valence-corrected chi connectivity index (χ2v) is 5.43. The molecule has 0 aliphatic carbocycles. The minimum absolute atomic E-state index is 0.372. The molecule has 3 N–H and O–H groups in total. The summed E-state index contributed by atoms with van der Waals surface area (Å²) in [4.78, 5) is 16.0. The molecule has 20 heavy (non-hydrogen) atoms. The van der Waals surface area contributed by atoms with Gasteiger partial charge in [0.25, 0.3) is 0 Å². The third-order valence-corrected chi connectivity index (χ3v) is 3.72. The smallest absolute Gasteiger partial charge is 0.248 e. The highest BCUT2D eigenvalue weighted by atomic mass is 79.9. The van der Waals surface area contributed by atoms with E-state index in [0.29, 0.717) is 17.2 Å². The molecule has 0 radical (unpaired) electrons. The largest absolute Gasteiger partial charge is 0.366 e. The van der Waals surface area contributed by atoms with Crippen LogP contribution in [0.3, 0.4) is 0 Å². The molecule has 2 heterocycles. The van der Waals surface area contributed by atoms with Crippen LogP contribution in [0.25, 0.3) is 0 Å². The standard InChI is InChI=1S/C13H12BrN5O/c1-7-10(12(15)20)11(8-3-2-4-9(14)5-8)19-13(18-7)16-6-17-19/h2-6,11H,1H3,(H2,15,20)(H,16,17,18)/t11-/m1/s1. The molecule has 0 saturated carbocycles. The third-order valence-electron chi connectivity index (χ3n) is 3.22. The lowest BCUT2D eigenvalue weighted by molar-refractivity contribution is -0.115. The van der Waals surface area contributed by atoms with Crippen molar-refractivity contribution in [1.82, 2.24) is 14.8 Å². The molecule has 1 aromatic heterocycles. The number of hydrogen-bond acceptors (Lipinski definition) is 4. The number of anilines is 1. The number of nitrogens with one attached hydrogen (secondary N) is 1. The molecule has 0 saturated heterocycles. The van der Waals surface area contributed by atoms with Crippen molar-refractivity contribution in [2.24, 2.45) is 5.73 Å². The zero-order valence-electron chi connectivity index (χ0n) is 10.7. The van der Waals surface area contributed by atoms with Gasteiger partial charge in [0.2, 0.25) is 11.9 Å². The Morgan fingerprint density at radius 3 is 3.00 bits per heavy atom. The summed E-state index contributed by atoms with van der Waals surface area (Å²) in [6.07, 6.45) is 1.45. The molecular formula is C13H12BrN5O. The summed E-state index contributed by atoms with van der Waals surface area (Å²) >= 11 is 3.44. The first-order valence-corrected chi connectivity index (χ1v) is 6.80. The zero-order valence-corrected chi connectivity index (χ0v) is 12.3. The molecule has 0 spiro atoms. The molecule has 0 unspecified atom stereocenters. The summed E-state index contributed by atoms with van der Waals surface area (Å²) in [6, 6.07) is 7.34. The lowest BCUT2D eigenvalue weighted by atomic mass is 9.95. The highest BCUT2D eigenvalue weighted by Crippen LogP contribution is 2.34. The molecule has 3 rings (SSSR count). The van der Waals surface area contributed by atoms with Gasteiger partial charge in [-0.05, 0) is 24.6 Å². The van der Waals surface area contributed by atoms with Gasteiger partial charge in [-0.25, -0.2) is 4.68 Å². The number of carbonyl (C=O) groups is 1. The number of allylic oxidation sites excluding steroid dienone is 1. The second-order valence-electron chi connectivity index (χ2n) is 4.51. The Bertz CT molecular complexity index is 721. The molecular weight excluding hydrogens is 322 g/mol. The topological polar surface area (TPSA) is 85.8 Å². The van der Waals surface area contributed by atoms with E-state index in [4.69, 9.17) is 5.73 Å². The van der Waals surface area contributed by atoms with E-state index in [-0.39, 0.29) is 6.04 Å². The van der Waals surface area contributed by atoms with Crippen molar-refractivity contribution in [2.75, 3.05) is 5.32 Å². The van der Waals surface area contributed by atoms with Crippen LogP contribution in [0.15, 0.2) is 46.3 Å². The summed E-state index contributed by atoms with van der Waals surface area (Å²) in [7, 11) is 0. The van der Waals surface area contributed by atoms with Gasteiger partial charge in [0.05, 0.1) is 5.57 Å². The molecule has 6 nitrogen and oxygen atoms in total. The molecule has 0 fully saturated rings. The number of primary amides is 1. The predicted octanol–water partition coefficient (Wildman–Crippen LogP) is 1.81. The highest BCUT2D eigenvalue weighted by molar-refractivity contribution is 9.10. The first-order chi connectivity index (χ1) is 9.58. The average molecular weight is 334 g/mol. The van der Waals surface area contributed by atoms with E-state index in [1.807, 2.05) is 31.2 Å². The van der Waals surface area contributed by atoms with Gasteiger partial charge < -0.3 is 11.1 Å². The van der Waals surface area contributed by atoms with Crippen molar-refractivity contribution in [3.63, 3.8) is 0 Å². The van der Waals surface area contributed by atoms with Crippen molar-refractivity contribution in [3.05, 3.63) is 51.9 Å². The predicted molar refractivity (Wildman–Crippen MR) is 77.8 cm³/mol. The van der Waals surface area contributed by atoms with Crippen LogP contribution < -0.4 is 11.1 Å². The van der Waals surface area contributed by atoms with Crippen molar-refractivity contribution < 1.29 is 4.79 Å². The van der Waals surface area contributed by atoms with E-state index in [9.17, 15) is 4.79 Å². The van der Waals surface area contributed by atoms with Crippen molar-refractivity contribution in [2.45, 2.75) is 13.0 Å². The molecule has 0 bridgehead atoms. The molecule has 1 aromatic carbocycles. The number of halogens is 1. The van der Waals surface area contributed by atoms with Crippen LogP contribution in [0.1, 0.15) is 18.5 Å². The van der Waals surface area contributed by atoms with Gasteiger partial charge in [0.1, 0.15) is 12.4 Å². The molecule has 7 heteroatoms. The molecule has 1 atom stereocenters. The van der Waals surface area contributed by atoms with E-state index in [2.05, 4.69) is 31.3 Å². The zero-order chi connectivity index (χ0) is 14.3. The van der Waals surface area contributed by atoms with E-state index in [0.717, 1.165) is 10.0 Å². The fourth-order valence-corrected chi connectivity index (χ4v) is 2.81. The number of aromatic nitrogens is 3. The number of benzene rings is 1. The van der Waals surface area contributed by atoms with Crippen LogP contribution in [0.4, 0.5) is 5.95 Å². The summed E-state index contributed by atoms with van der Waals surface area (Å²) in [6.45, 7) is 1.81. The maximum Gasteiger partial charge on any atom is 0.248 e. The van der Waals surface area contributed by atoms with Crippen molar-refractivity contribution in [3.8, 4) is 0 Å². The Balaban J connectivity index is 2.22. The summed E-state index contributed by atoms with van der Waals surface area (Å²) in [5.41, 5.74) is 7.64. The number of hydrogen-bond donors (Lipinski definition) is 2. The Kier molecular flexibility index (Phi) is 3.06. The van der Waals surface area contributed by atoms with Gasteiger partial charge in [-0.1, -0.05) is 28.1 Å². The number of fused-ring (bicyclic) bond motifs is 1. The normalized spacial score (nSPS) is 17.6. The van der Waals surface area contributed by atoms with E-state index in [1.54, 1.807) is 4.68 Å². The van der Waals surface area contributed by atoms with Crippen LogP contribution in [0.5, 0.6) is 0 Å². The summed E-state index contributed by atoms with van der Waals surface area (Å²) < 4.78 is 2.59. The van der Waals surface area contributed by atoms with Crippen molar-refractivity contribution in [1.29, 1.82) is 0 Å². The Morgan fingerprint density at radius 2 is 2.30 bits per heavy atom. The quantitative estimate of drug-likeness (QED) is 0.877. The minimum Gasteiger partial charge on any atom is -0.366 e. The van der Waals surface area contributed by atoms with E-state index in [1.165, 1.54) is 6.33 Å². The second kappa shape index (κ2) is 4.75. The highest BCUT2D eigenvalue weighted by Gasteiger charge is 2.32. The Morgan fingerprint density at radius 1 is 1.50 bits per heavy atom. The van der Waals surface area contributed by atoms with Gasteiger partial charge in [0, 0.05) is 10.2 Å². The van der Waals surface area contributed by atoms with Crippen LogP contribution >= 0.6 is 15.9 Å². The maximum atomic E-state index is 11.8. The van der Waals surface area contributed by atoms with Gasteiger partial charge >= 0.3 is 0 Å². The van der Waals surface area contributed by atoms with Crippen LogP contribution in [0.2, 0.25) is 0 Å². The first-order valence-electron chi connectivity index (χ1n) is 6.00. The average Bonchev–Trinajstić information content (AvgIpc) is 2.84. The fraction of sp³-hybridized carbons (Fsp3) is 0.154. The first kappa shape index (κ1) is 12.9. The van der Waals surface area contributed by atoms with Crippen LogP contribution in [-0.2, 0) is 4.79 Å². The van der Waals surface area contributed by atoms with E-state index < -0.39 is 5.91 Å². The summed E-state index contributed by atoms with van der Waals surface area (Å²) in [5, 5.41) is 7.24. The Hall–Kier alpha value is -2.15. The van der Waals surface area contributed by atoms with Crippen LogP contribution in [-0.4, -0.2) is 20.7 Å². The van der Waals surface area contributed by atoms with Gasteiger partial charge in [-0.3, -0.25) is 4.79 Å². The fourth-order valence-electron chi connectivity index (χ4n) is 2.39. The maximum absolute atomic E-state index is 11.8. The molecule has 1 aliphatic heterocycles. The SMILES string of the molecule is CC1=C(C(N)=O)[C@@H](c2cccc(Br)c2)n2ncnc2N1. The monoisotopic (exact) mass is 333 g/mol. The lowest BCUT2D eigenvalue weighted by Gasteiger charge is -2.27. The Labute approximate surface area is 123 Å². The minimum atomic E-state index is -0.471. The molecule has 102 valence electrons. The number of amides is 1. The number of carbonyl (C=O) groups excluding carboxylic acids is 1. The van der Waals surface area contributed by atoms with Crippen molar-refractivity contribution >= 4 is 27.8 Å². The summed E-state index contributed by atoms with van der Waals surface area (Å²) in [5.74, 6) is 0.124.